The predicted molar refractivity (Wildman–Crippen MR) is 95.7 cm³/mol. The molecule has 2 aromatic carbocycles. The van der Waals surface area contributed by atoms with E-state index >= 15 is 0 Å². The van der Waals surface area contributed by atoms with Gasteiger partial charge in [-0.2, -0.15) is 10.2 Å². The summed E-state index contributed by atoms with van der Waals surface area (Å²) in [6, 6.07) is 17.4. The van der Waals surface area contributed by atoms with E-state index in [2.05, 4.69) is 46.6 Å². The molecular formula is C19H17N5. The minimum atomic E-state index is 0.499. The lowest BCUT2D eigenvalue weighted by atomic mass is 10.1. The van der Waals surface area contributed by atoms with E-state index < -0.39 is 0 Å². The summed E-state index contributed by atoms with van der Waals surface area (Å²) < 4.78 is 0. The molecule has 0 aliphatic carbocycles. The molecule has 0 atom stereocenters. The number of para-hydroxylation sites is 1. The van der Waals surface area contributed by atoms with Gasteiger partial charge in [0.05, 0.1) is 11.3 Å². The molecule has 0 spiro atoms. The molecule has 0 aliphatic rings. The molecule has 0 fully saturated rings. The van der Waals surface area contributed by atoms with Crippen molar-refractivity contribution in [2.75, 3.05) is 10.6 Å². The Hall–Kier alpha value is -3.39. The Morgan fingerprint density at radius 1 is 0.958 bits per heavy atom. The lowest BCUT2D eigenvalue weighted by Gasteiger charge is -2.10. The molecule has 24 heavy (non-hydrogen) atoms. The maximum absolute atomic E-state index is 9.16. The smallest absolute Gasteiger partial charge is 0.229 e. The van der Waals surface area contributed by atoms with Gasteiger partial charge in [-0.3, -0.25) is 0 Å². The monoisotopic (exact) mass is 315 g/mol. The summed E-state index contributed by atoms with van der Waals surface area (Å²) in [5, 5.41) is 15.5. The number of anilines is 4. The molecule has 0 unspecified atom stereocenters. The van der Waals surface area contributed by atoms with E-state index in [4.69, 9.17) is 5.26 Å². The fraction of sp³-hybridized carbons (Fsp3) is 0.105. The minimum absolute atomic E-state index is 0.499. The van der Waals surface area contributed by atoms with Gasteiger partial charge < -0.3 is 10.6 Å². The SMILES string of the molecule is Cc1cc(C)cc(Nc2nccc(Nc3ccccc3C#N)n2)c1. The number of aryl methyl sites for hydroxylation is 2. The number of hydrogen-bond acceptors (Lipinski definition) is 5. The standard InChI is InChI=1S/C19H17N5/c1-13-9-14(2)11-16(10-13)22-19-21-8-7-18(24-19)23-17-6-4-3-5-15(17)12-20/h3-11H,1-2H3,(H2,21,22,23,24). The molecule has 0 radical (unpaired) electrons. The third-order valence-corrected chi connectivity index (χ3v) is 3.44. The van der Waals surface area contributed by atoms with Crippen LogP contribution in [0.1, 0.15) is 16.7 Å². The van der Waals surface area contributed by atoms with Gasteiger partial charge in [0.1, 0.15) is 11.9 Å². The number of aromatic nitrogens is 2. The topological polar surface area (TPSA) is 73.6 Å². The lowest BCUT2D eigenvalue weighted by Crippen LogP contribution is -2.01. The van der Waals surface area contributed by atoms with Crippen molar-refractivity contribution < 1.29 is 0 Å². The van der Waals surface area contributed by atoms with E-state index in [1.165, 1.54) is 11.1 Å². The third-order valence-electron chi connectivity index (χ3n) is 3.44. The summed E-state index contributed by atoms with van der Waals surface area (Å²) >= 11 is 0. The number of hydrogen-bond donors (Lipinski definition) is 2. The van der Waals surface area contributed by atoms with Gasteiger partial charge in [0.15, 0.2) is 0 Å². The highest BCUT2D eigenvalue weighted by Crippen LogP contribution is 2.21. The van der Waals surface area contributed by atoms with Gasteiger partial charge in [-0.15, -0.1) is 0 Å². The van der Waals surface area contributed by atoms with Crippen LogP contribution in [0.3, 0.4) is 0 Å². The van der Waals surface area contributed by atoms with Crippen molar-refractivity contribution >= 4 is 23.1 Å². The van der Waals surface area contributed by atoms with Crippen molar-refractivity contribution in [1.29, 1.82) is 5.26 Å². The van der Waals surface area contributed by atoms with E-state index in [0.717, 1.165) is 11.4 Å². The van der Waals surface area contributed by atoms with Crippen LogP contribution in [0.4, 0.5) is 23.1 Å². The molecule has 3 rings (SSSR count). The highest BCUT2D eigenvalue weighted by atomic mass is 15.1. The van der Waals surface area contributed by atoms with Crippen molar-refractivity contribution in [3.8, 4) is 6.07 Å². The highest BCUT2D eigenvalue weighted by molar-refractivity contribution is 5.65. The second-order valence-corrected chi connectivity index (χ2v) is 5.55. The maximum Gasteiger partial charge on any atom is 0.229 e. The zero-order chi connectivity index (χ0) is 16.9. The molecule has 2 N–H and O–H groups in total. The van der Waals surface area contributed by atoms with Gasteiger partial charge in [0, 0.05) is 11.9 Å². The van der Waals surface area contributed by atoms with Crippen LogP contribution in [0.5, 0.6) is 0 Å². The lowest BCUT2D eigenvalue weighted by molar-refractivity contribution is 1.16. The van der Waals surface area contributed by atoms with E-state index in [0.29, 0.717) is 17.3 Å². The third kappa shape index (κ3) is 3.68. The molecule has 5 heteroatoms. The van der Waals surface area contributed by atoms with Crippen molar-refractivity contribution in [1.82, 2.24) is 9.97 Å². The summed E-state index contributed by atoms with van der Waals surface area (Å²) in [6.45, 7) is 4.10. The Balaban J connectivity index is 1.83. The number of nitriles is 1. The van der Waals surface area contributed by atoms with Crippen molar-refractivity contribution in [3.63, 3.8) is 0 Å². The molecule has 0 aliphatic heterocycles. The molecule has 118 valence electrons. The highest BCUT2D eigenvalue weighted by Gasteiger charge is 2.04. The fourth-order valence-electron chi connectivity index (χ4n) is 2.49. The summed E-state index contributed by atoms with van der Waals surface area (Å²) in [4.78, 5) is 8.71. The van der Waals surface area contributed by atoms with Gasteiger partial charge >= 0.3 is 0 Å². The number of rotatable bonds is 4. The van der Waals surface area contributed by atoms with Crippen LogP contribution in [0, 0.1) is 25.2 Å². The Labute approximate surface area is 141 Å². The van der Waals surface area contributed by atoms with Gasteiger partial charge in [0.2, 0.25) is 5.95 Å². The van der Waals surface area contributed by atoms with Crippen LogP contribution in [0.2, 0.25) is 0 Å². The van der Waals surface area contributed by atoms with Crippen LogP contribution in [-0.4, -0.2) is 9.97 Å². The van der Waals surface area contributed by atoms with Crippen molar-refractivity contribution in [3.05, 3.63) is 71.4 Å². The molecule has 0 saturated heterocycles. The van der Waals surface area contributed by atoms with Crippen LogP contribution in [0.15, 0.2) is 54.7 Å². The summed E-state index contributed by atoms with van der Waals surface area (Å²) in [7, 11) is 0. The van der Waals surface area contributed by atoms with Crippen molar-refractivity contribution in [2.45, 2.75) is 13.8 Å². The average Bonchev–Trinajstić information content (AvgIpc) is 2.55. The Morgan fingerprint density at radius 3 is 2.46 bits per heavy atom. The second kappa shape index (κ2) is 6.80. The first-order valence-corrected chi connectivity index (χ1v) is 7.58. The van der Waals surface area contributed by atoms with Crippen LogP contribution in [-0.2, 0) is 0 Å². The quantitative estimate of drug-likeness (QED) is 0.744. The average molecular weight is 315 g/mol. The molecule has 5 nitrogen and oxygen atoms in total. The molecule has 1 heterocycles. The number of nitrogens with one attached hydrogen (secondary N) is 2. The Kier molecular flexibility index (Phi) is 4.39. The van der Waals surface area contributed by atoms with E-state index in [1.54, 1.807) is 18.3 Å². The van der Waals surface area contributed by atoms with Crippen LogP contribution in [0.25, 0.3) is 0 Å². The molecule has 0 bridgehead atoms. The first kappa shape index (κ1) is 15.5. The molecule has 0 amide bonds. The van der Waals surface area contributed by atoms with Crippen LogP contribution < -0.4 is 10.6 Å². The van der Waals surface area contributed by atoms with Gasteiger partial charge in [-0.25, -0.2) is 4.98 Å². The fourth-order valence-corrected chi connectivity index (χ4v) is 2.49. The number of benzene rings is 2. The molecular weight excluding hydrogens is 298 g/mol. The van der Waals surface area contributed by atoms with Gasteiger partial charge in [0.25, 0.3) is 0 Å². The van der Waals surface area contributed by atoms with E-state index in [1.807, 2.05) is 30.3 Å². The number of nitrogens with zero attached hydrogens (tertiary/aromatic N) is 3. The normalized spacial score (nSPS) is 10.0. The summed E-state index contributed by atoms with van der Waals surface area (Å²) in [6.07, 6.45) is 1.68. The Bertz CT molecular complexity index is 891. The zero-order valence-corrected chi connectivity index (χ0v) is 13.5. The molecule has 0 saturated carbocycles. The molecule has 3 aromatic rings. The Morgan fingerprint density at radius 2 is 1.71 bits per heavy atom. The largest absolute Gasteiger partial charge is 0.339 e. The maximum atomic E-state index is 9.16. The van der Waals surface area contributed by atoms with Gasteiger partial charge in [-0.05, 0) is 55.3 Å². The second-order valence-electron chi connectivity index (χ2n) is 5.55. The molecule has 1 aromatic heterocycles. The first-order valence-electron chi connectivity index (χ1n) is 7.58. The summed E-state index contributed by atoms with van der Waals surface area (Å²) in [5.74, 6) is 1.12. The van der Waals surface area contributed by atoms with E-state index in [-0.39, 0.29) is 0 Å². The van der Waals surface area contributed by atoms with E-state index in [9.17, 15) is 0 Å². The van der Waals surface area contributed by atoms with Crippen molar-refractivity contribution in [2.24, 2.45) is 0 Å². The van der Waals surface area contributed by atoms with Gasteiger partial charge in [-0.1, -0.05) is 18.2 Å². The minimum Gasteiger partial charge on any atom is -0.339 e. The zero-order valence-electron chi connectivity index (χ0n) is 13.5. The summed E-state index contributed by atoms with van der Waals surface area (Å²) in [5.41, 5.74) is 4.59. The first-order chi connectivity index (χ1) is 11.6. The van der Waals surface area contributed by atoms with Crippen LogP contribution >= 0.6 is 0 Å². The predicted octanol–water partition coefficient (Wildman–Crippen LogP) is 4.45.